The van der Waals surface area contributed by atoms with E-state index in [0.717, 1.165) is 22.0 Å². The fourth-order valence-corrected chi connectivity index (χ4v) is 1.56. The summed E-state index contributed by atoms with van der Waals surface area (Å²) in [5.41, 5.74) is 3.04. The van der Waals surface area contributed by atoms with Crippen molar-refractivity contribution in [3.8, 4) is 11.4 Å². The van der Waals surface area contributed by atoms with E-state index in [9.17, 15) is 0 Å². The molecule has 0 aliphatic carbocycles. The first kappa shape index (κ1) is 10.0. The van der Waals surface area contributed by atoms with Crippen LogP contribution in [0.25, 0.3) is 17.0 Å². The van der Waals surface area contributed by atoms with Gasteiger partial charge in [-0.2, -0.15) is 5.21 Å². The molecule has 0 fully saturated rings. The van der Waals surface area contributed by atoms with Crippen molar-refractivity contribution in [2.45, 2.75) is 0 Å². The number of aromatic amines is 1. The summed E-state index contributed by atoms with van der Waals surface area (Å²) in [4.78, 5) is 0. The minimum absolute atomic E-state index is 0.597. The van der Waals surface area contributed by atoms with E-state index in [4.69, 9.17) is 0 Å². The summed E-state index contributed by atoms with van der Waals surface area (Å²) in [5, 5.41) is 14.6. The van der Waals surface area contributed by atoms with Gasteiger partial charge in [0.05, 0.1) is 0 Å². The van der Waals surface area contributed by atoms with Gasteiger partial charge in [-0.1, -0.05) is 40.7 Å². The first-order valence-corrected chi connectivity index (χ1v) is 5.51. The maximum absolute atomic E-state index is 3.95. The third-order valence-corrected chi connectivity index (χ3v) is 2.71. The number of nitrogens with one attached hydrogen (secondary N) is 1. The lowest BCUT2D eigenvalue weighted by Gasteiger charge is -2.02. The predicted octanol–water partition coefficient (Wildman–Crippen LogP) is 2.27. The van der Waals surface area contributed by atoms with Crippen molar-refractivity contribution < 1.29 is 0 Å². The van der Waals surface area contributed by atoms with Gasteiger partial charge in [-0.05, 0) is 22.4 Å². The highest BCUT2D eigenvalue weighted by Crippen LogP contribution is 2.20. The molecule has 76 valence electrons. The second-order valence-corrected chi connectivity index (χ2v) is 3.61. The van der Waals surface area contributed by atoms with E-state index in [-0.39, 0.29) is 0 Å². The van der Waals surface area contributed by atoms with E-state index in [1.807, 2.05) is 24.3 Å². The number of allylic oxidation sites excluding steroid dienone is 1. The standard InChI is InChI=1S/C10H9BrN4/c1-7(6-11)8-3-2-4-9(5-8)10-12-14-15-13-10/h2-5H,1,6H2,(H,12,13,14,15). The van der Waals surface area contributed by atoms with Crippen LogP contribution in [0.5, 0.6) is 0 Å². The highest BCUT2D eigenvalue weighted by Gasteiger charge is 2.04. The first-order valence-electron chi connectivity index (χ1n) is 4.39. The van der Waals surface area contributed by atoms with E-state index >= 15 is 0 Å². The smallest absolute Gasteiger partial charge is 0.177 e. The molecule has 0 aliphatic rings. The molecule has 1 heterocycles. The summed E-state index contributed by atoms with van der Waals surface area (Å²) in [5.74, 6) is 0.597. The maximum atomic E-state index is 3.95. The highest BCUT2D eigenvalue weighted by molar-refractivity contribution is 9.09. The largest absolute Gasteiger partial charge is 0.204 e. The molecule has 0 amide bonds. The first-order chi connectivity index (χ1) is 7.31. The lowest BCUT2D eigenvalue weighted by molar-refractivity contribution is 0.881. The number of benzene rings is 1. The molecule has 0 bridgehead atoms. The highest BCUT2D eigenvalue weighted by atomic mass is 79.9. The molecular weight excluding hydrogens is 256 g/mol. The van der Waals surface area contributed by atoms with Crippen molar-refractivity contribution in [3.05, 3.63) is 36.4 Å². The average molecular weight is 265 g/mol. The number of rotatable bonds is 3. The number of tetrazole rings is 1. The number of hydrogen-bond acceptors (Lipinski definition) is 3. The van der Waals surface area contributed by atoms with Gasteiger partial charge < -0.3 is 0 Å². The number of nitrogens with zero attached hydrogens (tertiary/aromatic N) is 3. The van der Waals surface area contributed by atoms with Crippen molar-refractivity contribution in [2.24, 2.45) is 0 Å². The molecular formula is C10H9BrN4. The van der Waals surface area contributed by atoms with Crippen LogP contribution >= 0.6 is 15.9 Å². The van der Waals surface area contributed by atoms with E-state index < -0.39 is 0 Å². The van der Waals surface area contributed by atoms with Crippen LogP contribution in [-0.2, 0) is 0 Å². The van der Waals surface area contributed by atoms with Crippen LogP contribution in [0.2, 0.25) is 0 Å². The Balaban J connectivity index is 2.39. The molecule has 0 spiro atoms. The van der Waals surface area contributed by atoms with E-state index in [1.54, 1.807) is 0 Å². The van der Waals surface area contributed by atoms with Gasteiger partial charge in [0.25, 0.3) is 0 Å². The molecule has 0 atom stereocenters. The van der Waals surface area contributed by atoms with Crippen molar-refractivity contribution in [1.29, 1.82) is 0 Å². The Hall–Kier alpha value is -1.49. The zero-order valence-corrected chi connectivity index (χ0v) is 9.53. The van der Waals surface area contributed by atoms with Crippen LogP contribution in [0.15, 0.2) is 30.8 Å². The molecule has 0 saturated heterocycles. The van der Waals surface area contributed by atoms with Crippen LogP contribution < -0.4 is 0 Å². The number of aromatic nitrogens is 4. The van der Waals surface area contributed by atoms with Crippen LogP contribution in [0.1, 0.15) is 5.56 Å². The summed E-state index contributed by atoms with van der Waals surface area (Å²) in [7, 11) is 0. The summed E-state index contributed by atoms with van der Waals surface area (Å²) < 4.78 is 0. The number of hydrogen-bond donors (Lipinski definition) is 1. The predicted molar refractivity (Wildman–Crippen MR) is 62.4 cm³/mol. The fourth-order valence-electron chi connectivity index (χ4n) is 1.24. The van der Waals surface area contributed by atoms with Crippen LogP contribution in [-0.4, -0.2) is 26.0 Å². The fraction of sp³-hybridized carbons (Fsp3) is 0.100. The minimum Gasteiger partial charge on any atom is -0.177 e. The summed E-state index contributed by atoms with van der Waals surface area (Å²) in [6.07, 6.45) is 0. The van der Waals surface area contributed by atoms with Gasteiger partial charge in [0, 0.05) is 10.9 Å². The van der Waals surface area contributed by atoms with E-state index in [0.29, 0.717) is 5.82 Å². The third kappa shape index (κ3) is 2.12. The topological polar surface area (TPSA) is 54.5 Å². The zero-order valence-electron chi connectivity index (χ0n) is 7.94. The van der Waals surface area contributed by atoms with Crippen molar-refractivity contribution in [3.63, 3.8) is 0 Å². The quantitative estimate of drug-likeness (QED) is 0.866. The number of alkyl halides is 1. The van der Waals surface area contributed by atoms with Crippen molar-refractivity contribution in [2.75, 3.05) is 5.33 Å². The van der Waals surface area contributed by atoms with Crippen LogP contribution in [0.3, 0.4) is 0 Å². The Morgan fingerprint density at radius 2 is 2.33 bits per heavy atom. The molecule has 15 heavy (non-hydrogen) atoms. The normalized spacial score (nSPS) is 10.2. The van der Waals surface area contributed by atoms with Gasteiger partial charge in [-0.25, -0.2) is 0 Å². The zero-order chi connectivity index (χ0) is 10.7. The Kier molecular flexibility index (Phi) is 2.91. The Morgan fingerprint density at radius 1 is 1.47 bits per heavy atom. The Labute approximate surface area is 95.5 Å². The lowest BCUT2D eigenvalue weighted by Crippen LogP contribution is -1.86. The Morgan fingerprint density at radius 3 is 3.00 bits per heavy atom. The monoisotopic (exact) mass is 264 g/mol. The number of halogens is 1. The second-order valence-electron chi connectivity index (χ2n) is 3.05. The molecule has 0 aliphatic heterocycles. The molecule has 1 aromatic carbocycles. The van der Waals surface area contributed by atoms with Crippen LogP contribution in [0.4, 0.5) is 0 Å². The van der Waals surface area contributed by atoms with Gasteiger partial charge >= 0.3 is 0 Å². The molecule has 2 aromatic rings. The van der Waals surface area contributed by atoms with Gasteiger partial charge in [0.1, 0.15) is 0 Å². The summed E-state index contributed by atoms with van der Waals surface area (Å²) in [6.45, 7) is 3.95. The van der Waals surface area contributed by atoms with Gasteiger partial charge in [-0.15, -0.1) is 10.2 Å². The molecule has 0 radical (unpaired) electrons. The molecule has 4 nitrogen and oxygen atoms in total. The molecule has 0 unspecified atom stereocenters. The third-order valence-electron chi connectivity index (χ3n) is 2.04. The Bertz CT molecular complexity index is 464. The average Bonchev–Trinajstić information content (AvgIpc) is 2.82. The lowest BCUT2D eigenvalue weighted by atomic mass is 10.1. The van der Waals surface area contributed by atoms with E-state index in [2.05, 4.69) is 43.1 Å². The summed E-state index contributed by atoms with van der Waals surface area (Å²) in [6, 6.07) is 7.90. The van der Waals surface area contributed by atoms with Crippen molar-refractivity contribution >= 4 is 21.5 Å². The molecule has 5 heteroatoms. The van der Waals surface area contributed by atoms with Gasteiger partial charge in [-0.3, -0.25) is 0 Å². The minimum atomic E-state index is 0.597. The molecule has 1 N–H and O–H groups in total. The second kappa shape index (κ2) is 4.35. The number of H-pyrrole nitrogens is 1. The van der Waals surface area contributed by atoms with Crippen molar-refractivity contribution in [1.82, 2.24) is 20.6 Å². The van der Waals surface area contributed by atoms with Crippen LogP contribution in [0, 0.1) is 0 Å². The SMILES string of the molecule is C=C(CBr)c1cccc(-c2nn[nH]n2)c1. The molecule has 2 rings (SSSR count). The van der Waals surface area contributed by atoms with Gasteiger partial charge in [0.15, 0.2) is 0 Å². The maximum Gasteiger partial charge on any atom is 0.204 e. The molecule has 0 saturated carbocycles. The summed E-state index contributed by atoms with van der Waals surface area (Å²) >= 11 is 3.38. The molecule has 1 aromatic heterocycles. The van der Waals surface area contributed by atoms with Gasteiger partial charge in [0.2, 0.25) is 5.82 Å². The van der Waals surface area contributed by atoms with E-state index in [1.165, 1.54) is 0 Å².